The van der Waals surface area contributed by atoms with Crippen LogP contribution in [0.2, 0.25) is 5.02 Å². The summed E-state index contributed by atoms with van der Waals surface area (Å²) in [5, 5.41) is 3.70. The highest BCUT2D eigenvalue weighted by molar-refractivity contribution is 7.92. The first kappa shape index (κ1) is 33.2. The van der Waals surface area contributed by atoms with E-state index in [4.69, 9.17) is 11.6 Å². The largest absolute Gasteiger partial charge is 0.352 e. The summed E-state index contributed by atoms with van der Waals surface area (Å²) < 4.78 is 29.6. The number of carbonyl (C=O) groups is 2. The summed E-state index contributed by atoms with van der Waals surface area (Å²) in [5.41, 5.74) is 3.64. The molecule has 1 unspecified atom stereocenters. The first-order valence-corrected chi connectivity index (χ1v) is 17.5. The molecule has 9 heteroatoms. The van der Waals surface area contributed by atoms with Gasteiger partial charge in [-0.2, -0.15) is 0 Å². The van der Waals surface area contributed by atoms with Crippen LogP contribution in [0.4, 0.5) is 5.69 Å². The molecule has 5 rings (SSSR count). The summed E-state index contributed by atoms with van der Waals surface area (Å²) >= 11 is 6.34. The Morgan fingerprint density at radius 3 is 2.17 bits per heavy atom. The predicted molar refractivity (Wildman–Crippen MR) is 183 cm³/mol. The predicted octanol–water partition coefficient (Wildman–Crippen LogP) is 6.85. The van der Waals surface area contributed by atoms with Gasteiger partial charge >= 0.3 is 0 Å². The van der Waals surface area contributed by atoms with Crippen LogP contribution in [0.15, 0.2) is 108 Å². The monoisotopic (exact) mass is 657 g/mol. The highest BCUT2D eigenvalue weighted by Crippen LogP contribution is 2.28. The average Bonchev–Trinajstić information content (AvgIpc) is 3.55. The zero-order chi connectivity index (χ0) is 32.7. The zero-order valence-electron chi connectivity index (χ0n) is 26.2. The summed E-state index contributed by atoms with van der Waals surface area (Å²) in [6, 6.07) is 29.5. The van der Waals surface area contributed by atoms with Gasteiger partial charge in [0, 0.05) is 24.0 Å². The number of para-hydroxylation sites is 1. The van der Waals surface area contributed by atoms with E-state index >= 15 is 0 Å². The minimum absolute atomic E-state index is 0.0410. The summed E-state index contributed by atoms with van der Waals surface area (Å²) in [4.78, 5) is 30.3. The van der Waals surface area contributed by atoms with E-state index in [-0.39, 0.29) is 29.8 Å². The Morgan fingerprint density at radius 2 is 1.50 bits per heavy atom. The van der Waals surface area contributed by atoms with Gasteiger partial charge in [-0.05, 0) is 73.7 Å². The standard InChI is InChI=1S/C37H40ClN3O4S/c1-27-19-21-33(22-20-27)46(44,45)41(34-18-9-6-11-28(34)2)26-36(42)40(25-30-14-10-15-31(38)23-30)35(24-29-12-4-3-5-13-29)37(43)39-32-16-7-8-17-32/h3-6,9-15,18-23,32,35H,7-8,16-17,24-26H2,1-2H3,(H,39,43). The maximum atomic E-state index is 14.6. The van der Waals surface area contributed by atoms with E-state index < -0.39 is 28.5 Å². The summed E-state index contributed by atoms with van der Waals surface area (Å²) in [7, 11) is -4.16. The molecule has 46 heavy (non-hydrogen) atoms. The molecule has 1 aliphatic rings. The van der Waals surface area contributed by atoms with Crippen LogP contribution in [0.3, 0.4) is 0 Å². The Balaban J connectivity index is 1.57. The van der Waals surface area contributed by atoms with Crippen molar-refractivity contribution in [2.45, 2.75) is 69.5 Å². The molecule has 1 N–H and O–H groups in total. The van der Waals surface area contributed by atoms with Crippen LogP contribution < -0.4 is 9.62 Å². The summed E-state index contributed by atoms with van der Waals surface area (Å²) in [6.07, 6.45) is 4.13. The van der Waals surface area contributed by atoms with E-state index in [1.807, 2.05) is 62.4 Å². The molecule has 1 fully saturated rings. The number of anilines is 1. The average molecular weight is 658 g/mol. The first-order valence-electron chi connectivity index (χ1n) is 15.6. The van der Waals surface area contributed by atoms with Gasteiger partial charge in [-0.25, -0.2) is 8.42 Å². The lowest BCUT2D eigenvalue weighted by atomic mass is 10.0. The molecule has 0 heterocycles. The topological polar surface area (TPSA) is 86.8 Å². The quantitative estimate of drug-likeness (QED) is 0.181. The zero-order valence-corrected chi connectivity index (χ0v) is 27.8. The Kier molecular flexibility index (Phi) is 10.8. The summed E-state index contributed by atoms with van der Waals surface area (Å²) in [6.45, 7) is 3.27. The Morgan fingerprint density at radius 1 is 0.848 bits per heavy atom. The van der Waals surface area contributed by atoms with Crippen LogP contribution in [-0.4, -0.2) is 43.8 Å². The van der Waals surface area contributed by atoms with E-state index in [0.29, 0.717) is 16.3 Å². The van der Waals surface area contributed by atoms with Gasteiger partial charge in [-0.15, -0.1) is 0 Å². The second kappa shape index (κ2) is 15.0. The molecule has 4 aromatic carbocycles. The van der Waals surface area contributed by atoms with Crippen molar-refractivity contribution in [2.24, 2.45) is 0 Å². The second-order valence-electron chi connectivity index (χ2n) is 12.0. The fourth-order valence-electron chi connectivity index (χ4n) is 5.95. The van der Waals surface area contributed by atoms with Gasteiger partial charge in [-0.1, -0.05) is 103 Å². The van der Waals surface area contributed by atoms with Gasteiger partial charge in [0.1, 0.15) is 12.6 Å². The Bertz CT molecular complexity index is 1760. The molecular weight excluding hydrogens is 618 g/mol. The number of halogens is 1. The minimum atomic E-state index is -4.16. The van der Waals surface area contributed by atoms with Gasteiger partial charge in [0.05, 0.1) is 10.6 Å². The smallest absolute Gasteiger partial charge is 0.264 e. The fourth-order valence-corrected chi connectivity index (χ4v) is 7.64. The van der Waals surface area contributed by atoms with E-state index in [2.05, 4.69) is 5.32 Å². The Labute approximate surface area is 277 Å². The highest BCUT2D eigenvalue weighted by Gasteiger charge is 2.36. The minimum Gasteiger partial charge on any atom is -0.352 e. The molecule has 4 aromatic rings. The number of benzene rings is 4. The van der Waals surface area contributed by atoms with Crippen LogP contribution in [0.1, 0.15) is 47.9 Å². The summed E-state index contributed by atoms with van der Waals surface area (Å²) in [5.74, 6) is -0.753. The number of hydrogen-bond donors (Lipinski definition) is 1. The van der Waals surface area contributed by atoms with Crippen molar-refractivity contribution in [1.29, 1.82) is 0 Å². The first-order chi connectivity index (χ1) is 22.1. The number of nitrogens with one attached hydrogen (secondary N) is 1. The second-order valence-corrected chi connectivity index (χ2v) is 14.3. The molecule has 1 aliphatic carbocycles. The number of hydrogen-bond acceptors (Lipinski definition) is 4. The number of aryl methyl sites for hydroxylation is 2. The molecule has 240 valence electrons. The third-order valence-electron chi connectivity index (χ3n) is 8.49. The molecule has 0 saturated heterocycles. The molecule has 0 radical (unpaired) electrons. The number of sulfonamides is 1. The van der Waals surface area contributed by atoms with Crippen LogP contribution in [0.25, 0.3) is 0 Å². The third kappa shape index (κ3) is 8.17. The van der Waals surface area contributed by atoms with E-state index in [0.717, 1.165) is 46.7 Å². The van der Waals surface area contributed by atoms with Crippen molar-refractivity contribution in [3.05, 3.63) is 130 Å². The van der Waals surface area contributed by atoms with Gasteiger partial charge in [0.15, 0.2) is 0 Å². The lowest BCUT2D eigenvalue weighted by Gasteiger charge is -2.34. The molecule has 0 bridgehead atoms. The van der Waals surface area contributed by atoms with Crippen LogP contribution in [0.5, 0.6) is 0 Å². The van der Waals surface area contributed by atoms with Crippen molar-refractivity contribution >= 4 is 39.1 Å². The van der Waals surface area contributed by atoms with Crippen molar-refractivity contribution in [3.8, 4) is 0 Å². The molecule has 0 spiro atoms. The van der Waals surface area contributed by atoms with E-state index in [1.165, 1.54) is 4.90 Å². The normalized spacial score (nSPS) is 14.1. The molecular formula is C37H40ClN3O4S. The van der Waals surface area contributed by atoms with Gasteiger partial charge < -0.3 is 10.2 Å². The fraction of sp³-hybridized carbons (Fsp3) is 0.297. The van der Waals surface area contributed by atoms with Gasteiger partial charge in [-0.3, -0.25) is 13.9 Å². The molecule has 1 atom stereocenters. The van der Waals surface area contributed by atoms with Crippen molar-refractivity contribution < 1.29 is 18.0 Å². The molecule has 0 aromatic heterocycles. The number of rotatable bonds is 12. The number of carbonyl (C=O) groups excluding carboxylic acids is 2. The highest BCUT2D eigenvalue weighted by atomic mass is 35.5. The van der Waals surface area contributed by atoms with Crippen LogP contribution in [-0.2, 0) is 32.6 Å². The molecule has 0 aliphatic heterocycles. The van der Waals surface area contributed by atoms with Crippen molar-refractivity contribution in [1.82, 2.24) is 10.2 Å². The maximum absolute atomic E-state index is 14.6. The van der Waals surface area contributed by atoms with Crippen LogP contribution >= 0.6 is 11.6 Å². The lowest BCUT2D eigenvalue weighted by Crippen LogP contribution is -2.54. The number of nitrogens with zero attached hydrogens (tertiary/aromatic N) is 2. The van der Waals surface area contributed by atoms with Gasteiger partial charge in [0.2, 0.25) is 11.8 Å². The lowest BCUT2D eigenvalue weighted by molar-refractivity contribution is -0.140. The van der Waals surface area contributed by atoms with E-state index in [9.17, 15) is 18.0 Å². The maximum Gasteiger partial charge on any atom is 0.264 e. The van der Waals surface area contributed by atoms with Crippen molar-refractivity contribution in [3.63, 3.8) is 0 Å². The molecule has 1 saturated carbocycles. The number of amides is 2. The SMILES string of the molecule is Cc1ccc(S(=O)(=O)N(CC(=O)N(Cc2cccc(Cl)c2)C(Cc2ccccc2)C(=O)NC2CCCC2)c2ccccc2C)cc1. The van der Waals surface area contributed by atoms with E-state index in [1.54, 1.807) is 54.6 Å². The molecule has 2 amide bonds. The van der Waals surface area contributed by atoms with Crippen LogP contribution in [0, 0.1) is 13.8 Å². The van der Waals surface area contributed by atoms with Crippen molar-refractivity contribution in [2.75, 3.05) is 10.8 Å². The third-order valence-corrected chi connectivity index (χ3v) is 10.5. The van der Waals surface area contributed by atoms with Gasteiger partial charge in [0.25, 0.3) is 10.0 Å². The Hall–Kier alpha value is -4.14. The molecule has 7 nitrogen and oxygen atoms in total.